The number of nitrogens with zero attached hydrogens (tertiary/aromatic N) is 3. The maximum Gasteiger partial charge on any atom is 0.270 e. The van der Waals surface area contributed by atoms with Gasteiger partial charge in [-0.3, -0.25) is 10.1 Å². The Morgan fingerprint density at radius 1 is 1.45 bits per heavy atom. The first-order chi connectivity index (χ1) is 9.49. The predicted octanol–water partition coefficient (Wildman–Crippen LogP) is -0.871. The number of guanidine groups is 1. The average Bonchev–Trinajstić information content (AvgIpc) is 2.40. The molecule has 0 radical (unpaired) electrons. The van der Waals surface area contributed by atoms with Gasteiger partial charge in [0.25, 0.3) is 11.6 Å². The maximum atomic E-state index is 10.8. The van der Waals surface area contributed by atoms with Crippen LogP contribution in [0, 0.1) is 10.1 Å². The first-order valence-corrected chi connectivity index (χ1v) is 6.20. The lowest BCUT2D eigenvalue weighted by Crippen LogP contribution is -2.63. The number of nitrogens with one attached hydrogen (secondary N) is 1. The van der Waals surface area contributed by atoms with Gasteiger partial charge in [0.05, 0.1) is 16.2 Å². The van der Waals surface area contributed by atoms with Crippen molar-refractivity contribution in [2.45, 2.75) is 13.8 Å². The van der Waals surface area contributed by atoms with Crippen LogP contribution in [-0.2, 0) is 0 Å². The van der Waals surface area contributed by atoms with E-state index in [0.717, 1.165) is 18.8 Å². The fraction of sp³-hybridized carbons (Fsp3) is 0.333. The predicted molar refractivity (Wildman–Crippen MR) is 78.6 cm³/mol. The molecule has 5 N–H and O–H groups in total. The highest BCUT2D eigenvalue weighted by molar-refractivity contribution is 5.86. The quantitative estimate of drug-likeness (QED) is 0.270. The van der Waals surface area contributed by atoms with Gasteiger partial charge in [0, 0.05) is 30.3 Å². The largest absolute Gasteiger partial charge is 0.371 e. The van der Waals surface area contributed by atoms with Gasteiger partial charge in [-0.2, -0.15) is 0 Å². The number of nitro groups is 1. The molecule has 0 saturated heterocycles. The molecule has 0 aromatic heterocycles. The van der Waals surface area contributed by atoms with Gasteiger partial charge in [0.15, 0.2) is 0 Å². The summed E-state index contributed by atoms with van der Waals surface area (Å²) in [6.07, 6.45) is 1.53. The van der Waals surface area contributed by atoms with E-state index in [1.165, 1.54) is 18.3 Å². The zero-order chi connectivity index (χ0) is 15.1. The number of non-ortho nitro benzene ring substituents is 1. The van der Waals surface area contributed by atoms with E-state index in [0.29, 0.717) is 5.56 Å². The van der Waals surface area contributed by atoms with Crippen LogP contribution in [-0.4, -0.2) is 30.2 Å². The van der Waals surface area contributed by atoms with E-state index < -0.39 is 4.92 Å². The summed E-state index contributed by atoms with van der Waals surface area (Å²) in [6, 6.07) is 4.67. The highest BCUT2D eigenvalue weighted by atomic mass is 16.6. The van der Waals surface area contributed by atoms with E-state index in [2.05, 4.69) is 15.1 Å². The number of hydrogen-bond acceptors (Lipinski definition) is 4. The lowest BCUT2D eigenvalue weighted by Gasteiger charge is -2.21. The molecule has 0 heterocycles. The maximum absolute atomic E-state index is 10.8. The number of hydrogen-bond donors (Lipinski definition) is 3. The fourth-order valence-electron chi connectivity index (χ4n) is 1.80. The molecular formula is C12H19N6O2+. The Morgan fingerprint density at radius 3 is 2.60 bits per heavy atom. The van der Waals surface area contributed by atoms with Crippen molar-refractivity contribution >= 4 is 23.5 Å². The summed E-state index contributed by atoms with van der Waals surface area (Å²) in [5.41, 5.74) is 12.0. The summed E-state index contributed by atoms with van der Waals surface area (Å²) in [5, 5.41) is 17.0. The summed E-state index contributed by atoms with van der Waals surface area (Å²) >= 11 is 0. The Labute approximate surface area is 116 Å². The van der Waals surface area contributed by atoms with Crippen molar-refractivity contribution in [2.24, 2.45) is 16.6 Å². The zero-order valence-electron chi connectivity index (χ0n) is 11.5. The van der Waals surface area contributed by atoms with Gasteiger partial charge < -0.3 is 16.4 Å². The smallest absolute Gasteiger partial charge is 0.270 e. The minimum Gasteiger partial charge on any atom is -0.371 e. The SMILES string of the molecule is CCN(CC)c1ccc([N+](=O)[O-])cc1/C=[NH+]/N=C(N)N. The second-order valence-electron chi connectivity index (χ2n) is 3.98. The molecule has 0 fully saturated rings. The molecule has 1 aromatic rings. The highest BCUT2D eigenvalue weighted by Crippen LogP contribution is 2.23. The van der Waals surface area contributed by atoms with Gasteiger partial charge in [0.2, 0.25) is 6.21 Å². The van der Waals surface area contributed by atoms with Crippen LogP contribution < -0.4 is 21.5 Å². The van der Waals surface area contributed by atoms with Crippen molar-refractivity contribution in [3.8, 4) is 0 Å². The zero-order valence-corrected chi connectivity index (χ0v) is 11.5. The molecule has 0 unspecified atom stereocenters. The van der Waals surface area contributed by atoms with Crippen LogP contribution in [0.25, 0.3) is 0 Å². The van der Waals surface area contributed by atoms with Gasteiger partial charge >= 0.3 is 0 Å². The topological polar surface area (TPSA) is 125 Å². The average molecular weight is 279 g/mol. The van der Waals surface area contributed by atoms with Gasteiger partial charge in [0.1, 0.15) is 0 Å². The monoisotopic (exact) mass is 279 g/mol. The van der Waals surface area contributed by atoms with Gasteiger partial charge in [-0.15, -0.1) is 5.10 Å². The van der Waals surface area contributed by atoms with Crippen LogP contribution in [0.2, 0.25) is 0 Å². The number of anilines is 1. The summed E-state index contributed by atoms with van der Waals surface area (Å²) in [7, 11) is 0. The molecule has 0 bridgehead atoms. The van der Waals surface area contributed by atoms with Crippen LogP contribution in [0.1, 0.15) is 19.4 Å². The van der Waals surface area contributed by atoms with E-state index in [9.17, 15) is 10.1 Å². The second-order valence-corrected chi connectivity index (χ2v) is 3.98. The minimum absolute atomic E-state index is 0.0126. The first kappa shape index (κ1) is 15.4. The lowest BCUT2D eigenvalue weighted by atomic mass is 10.1. The summed E-state index contributed by atoms with van der Waals surface area (Å²) in [4.78, 5) is 12.5. The standard InChI is InChI=1S/C12H18N6O2/c1-3-17(4-2)11-6-5-10(18(19)20)7-9(11)8-15-16-12(13)14/h5-8H,3-4H2,1-2H3,(H4,13,14,16)/p+1/b15-8+. The van der Waals surface area contributed by atoms with Crippen molar-refractivity contribution in [2.75, 3.05) is 18.0 Å². The molecule has 20 heavy (non-hydrogen) atoms. The molecular weight excluding hydrogens is 260 g/mol. The van der Waals surface area contributed by atoms with Crippen molar-refractivity contribution < 1.29 is 10.0 Å². The Hall–Kier alpha value is -2.64. The Morgan fingerprint density at radius 2 is 2.10 bits per heavy atom. The molecule has 8 nitrogen and oxygen atoms in total. The normalized spacial score (nSPS) is 10.5. The van der Waals surface area contributed by atoms with Crippen LogP contribution >= 0.6 is 0 Å². The van der Waals surface area contributed by atoms with Crippen LogP contribution in [0.4, 0.5) is 11.4 Å². The number of benzene rings is 1. The molecule has 108 valence electrons. The number of hydrazone groups is 1. The van der Waals surface area contributed by atoms with E-state index in [4.69, 9.17) is 11.5 Å². The van der Waals surface area contributed by atoms with Crippen LogP contribution in [0.3, 0.4) is 0 Å². The molecule has 0 saturated carbocycles. The van der Waals surface area contributed by atoms with E-state index in [1.807, 2.05) is 13.8 Å². The molecule has 8 heteroatoms. The third-order valence-electron chi connectivity index (χ3n) is 2.74. The van der Waals surface area contributed by atoms with Crippen molar-refractivity contribution in [1.82, 2.24) is 0 Å². The Balaban J connectivity index is 3.26. The second kappa shape index (κ2) is 7.07. The highest BCUT2D eigenvalue weighted by Gasteiger charge is 2.14. The molecule has 0 aliphatic carbocycles. The van der Waals surface area contributed by atoms with Crippen molar-refractivity contribution in [1.29, 1.82) is 0 Å². The van der Waals surface area contributed by atoms with E-state index in [-0.39, 0.29) is 11.6 Å². The first-order valence-electron chi connectivity index (χ1n) is 6.20. The van der Waals surface area contributed by atoms with Gasteiger partial charge in [-0.25, -0.2) is 0 Å². The summed E-state index contributed by atoms with van der Waals surface area (Å²) < 4.78 is 0. The molecule has 0 amide bonds. The summed E-state index contributed by atoms with van der Waals surface area (Å²) in [5.74, 6) is -0.115. The van der Waals surface area contributed by atoms with Crippen LogP contribution in [0.15, 0.2) is 23.3 Å². The van der Waals surface area contributed by atoms with Gasteiger partial charge in [-0.1, -0.05) is 0 Å². The van der Waals surface area contributed by atoms with E-state index >= 15 is 0 Å². The Bertz CT molecular complexity index is 533. The van der Waals surface area contributed by atoms with Crippen molar-refractivity contribution in [3.63, 3.8) is 0 Å². The molecule has 0 spiro atoms. The number of nitro benzene ring substituents is 1. The van der Waals surface area contributed by atoms with Crippen molar-refractivity contribution in [3.05, 3.63) is 33.9 Å². The Kier molecular flexibility index (Phi) is 5.45. The third kappa shape index (κ3) is 3.94. The third-order valence-corrected chi connectivity index (χ3v) is 2.74. The number of nitrogens with two attached hydrogens (primary N) is 2. The molecule has 1 aromatic carbocycles. The molecule has 0 aliphatic rings. The fourth-order valence-corrected chi connectivity index (χ4v) is 1.80. The molecule has 0 atom stereocenters. The number of rotatable bonds is 6. The lowest BCUT2D eigenvalue weighted by molar-refractivity contribution is -0.456. The van der Waals surface area contributed by atoms with Crippen LogP contribution in [0.5, 0.6) is 0 Å². The molecule has 1 rings (SSSR count). The minimum atomic E-state index is -0.441. The summed E-state index contributed by atoms with van der Waals surface area (Å²) in [6.45, 7) is 5.60. The van der Waals surface area contributed by atoms with E-state index in [1.54, 1.807) is 6.07 Å². The molecule has 0 aliphatic heterocycles. The van der Waals surface area contributed by atoms with Gasteiger partial charge in [-0.05, 0) is 19.9 Å².